The number of amides is 1. The van der Waals surface area contributed by atoms with Crippen molar-refractivity contribution in [3.05, 3.63) is 82.6 Å². The summed E-state index contributed by atoms with van der Waals surface area (Å²) in [6.45, 7) is 2.01. The van der Waals surface area contributed by atoms with E-state index in [2.05, 4.69) is 25.9 Å². The summed E-state index contributed by atoms with van der Waals surface area (Å²) in [4.78, 5) is 23.9. The van der Waals surface area contributed by atoms with Crippen LogP contribution >= 0.6 is 11.6 Å². The Labute approximate surface area is 189 Å². The Hall–Kier alpha value is -3.78. The summed E-state index contributed by atoms with van der Waals surface area (Å²) in [6, 6.07) is 18.1. The van der Waals surface area contributed by atoms with Crippen LogP contribution in [0.3, 0.4) is 0 Å². The standard InChI is InChI=1S/C23H21ClN6O2/c1-15(31)16-6-4-7-18(13-16)26-23(32)12-11-22-28-27-21-10-9-20(29-30(21)22)25-14-17-5-2-3-8-19(17)24/h2-10,13H,11-12,14H2,1H3,(H,25,29)(H,26,32). The zero-order chi connectivity index (χ0) is 22.5. The molecule has 0 aliphatic rings. The van der Waals surface area contributed by atoms with Gasteiger partial charge in [-0.05, 0) is 42.8 Å². The molecule has 0 fully saturated rings. The molecule has 0 aliphatic heterocycles. The second-order valence-corrected chi connectivity index (χ2v) is 7.64. The number of carbonyl (C=O) groups is 2. The highest BCUT2D eigenvalue weighted by molar-refractivity contribution is 6.31. The molecule has 162 valence electrons. The number of hydrogen-bond donors (Lipinski definition) is 2. The van der Waals surface area contributed by atoms with Gasteiger partial charge in [-0.25, -0.2) is 0 Å². The lowest BCUT2D eigenvalue weighted by Crippen LogP contribution is -2.14. The predicted octanol–water partition coefficient (Wildman–Crippen LogP) is 4.16. The van der Waals surface area contributed by atoms with Gasteiger partial charge in [0, 0.05) is 35.7 Å². The van der Waals surface area contributed by atoms with Crippen molar-refractivity contribution in [2.75, 3.05) is 10.6 Å². The first kappa shape index (κ1) is 21.5. The van der Waals surface area contributed by atoms with Gasteiger partial charge >= 0.3 is 0 Å². The Kier molecular flexibility index (Phi) is 6.42. The number of Topliss-reactive ketones (excluding diaryl/α,β-unsaturated/α-hetero) is 1. The van der Waals surface area contributed by atoms with Crippen LogP contribution < -0.4 is 10.6 Å². The van der Waals surface area contributed by atoms with Gasteiger partial charge in [0.1, 0.15) is 5.82 Å². The average molecular weight is 449 g/mol. The molecule has 9 heteroatoms. The summed E-state index contributed by atoms with van der Waals surface area (Å²) in [5.41, 5.74) is 2.69. The van der Waals surface area contributed by atoms with Crippen LogP contribution in [0.4, 0.5) is 11.5 Å². The molecular weight excluding hydrogens is 428 g/mol. The first-order chi connectivity index (χ1) is 15.5. The Morgan fingerprint density at radius 1 is 1.03 bits per heavy atom. The molecular formula is C23H21ClN6O2. The summed E-state index contributed by atoms with van der Waals surface area (Å²) in [6.07, 6.45) is 0.560. The smallest absolute Gasteiger partial charge is 0.224 e. The van der Waals surface area contributed by atoms with Gasteiger partial charge < -0.3 is 10.6 Å². The highest BCUT2D eigenvalue weighted by atomic mass is 35.5. The lowest BCUT2D eigenvalue weighted by Gasteiger charge is -2.08. The first-order valence-corrected chi connectivity index (χ1v) is 10.5. The van der Waals surface area contributed by atoms with E-state index in [9.17, 15) is 9.59 Å². The molecule has 2 aromatic carbocycles. The fraction of sp³-hybridized carbons (Fsp3) is 0.174. The summed E-state index contributed by atoms with van der Waals surface area (Å²) in [5, 5.41) is 19.6. The minimum atomic E-state index is -0.185. The number of anilines is 2. The summed E-state index contributed by atoms with van der Waals surface area (Å²) >= 11 is 6.21. The third-order valence-electron chi connectivity index (χ3n) is 4.87. The van der Waals surface area contributed by atoms with Crippen LogP contribution in [0.25, 0.3) is 5.65 Å². The number of aryl methyl sites for hydroxylation is 1. The highest BCUT2D eigenvalue weighted by Crippen LogP contribution is 2.17. The second kappa shape index (κ2) is 9.57. The monoisotopic (exact) mass is 448 g/mol. The Balaban J connectivity index is 1.40. The van der Waals surface area contributed by atoms with Crippen molar-refractivity contribution in [3.63, 3.8) is 0 Å². The largest absolute Gasteiger partial charge is 0.364 e. The van der Waals surface area contributed by atoms with E-state index in [4.69, 9.17) is 11.6 Å². The number of halogens is 1. The van der Waals surface area contributed by atoms with Gasteiger partial charge in [0.25, 0.3) is 0 Å². The maximum absolute atomic E-state index is 12.4. The lowest BCUT2D eigenvalue weighted by molar-refractivity contribution is -0.116. The lowest BCUT2D eigenvalue weighted by atomic mass is 10.1. The van der Waals surface area contributed by atoms with E-state index in [1.54, 1.807) is 28.8 Å². The molecule has 2 heterocycles. The molecule has 0 radical (unpaired) electrons. The van der Waals surface area contributed by atoms with E-state index in [1.807, 2.05) is 36.4 Å². The van der Waals surface area contributed by atoms with Crippen LogP contribution in [0.5, 0.6) is 0 Å². The van der Waals surface area contributed by atoms with Crippen molar-refractivity contribution in [1.29, 1.82) is 0 Å². The molecule has 0 saturated heterocycles. The SMILES string of the molecule is CC(=O)c1cccc(NC(=O)CCc2nnc3ccc(NCc4ccccc4Cl)nn23)c1. The number of aromatic nitrogens is 4. The van der Waals surface area contributed by atoms with Gasteiger partial charge in [-0.3, -0.25) is 9.59 Å². The molecule has 1 amide bonds. The summed E-state index contributed by atoms with van der Waals surface area (Å²) in [5.74, 6) is 0.981. The minimum Gasteiger partial charge on any atom is -0.364 e. The van der Waals surface area contributed by atoms with E-state index in [1.165, 1.54) is 6.92 Å². The fourth-order valence-corrected chi connectivity index (χ4v) is 3.38. The summed E-state index contributed by atoms with van der Waals surface area (Å²) < 4.78 is 1.62. The molecule has 0 saturated carbocycles. The van der Waals surface area contributed by atoms with Crippen LogP contribution in [0.15, 0.2) is 60.7 Å². The minimum absolute atomic E-state index is 0.0546. The summed E-state index contributed by atoms with van der Waals surface area (Å²) in [7, 11) is 0. The molecule has 0 spiro atoms. The number of fused-ring (bicyclic) bond motifs is 1. The zero-order valence-corrected chi connectivity index (χ0v) is 18.1. The third kappa shape index (κ3) is 5.09. The number of nitrogens with zero attached hydrogens (tertiary/aromatic N) is 4. The van der Waals surface area contributed by atoms with E-state index in [0.717, 1.165) is 5.56 Å². The average Bonchev–Trinajstić information content (AvgIpc) is 3.19. The number of rotatable bonds is 8. The number of benzene rings is 2. The van der Waals surface area contributed by atoms with Crippen LogP contribution in [0, 0.1) is 0 Å². The number of carbonyl (C=O) groups excluding carboxylic acids is 2. The van der Waals surface area contributed by atoms with Crippen LogP contribution in [0.1, 0.15) is 35.1 Å². The molecule has 0 bridgehead atoms. The van der Waals surface area contributed by atoms with Crippen molar-refractivity contribution < 1.29 is 9.59 Å². The van der Waals surface area contributed by atoms with E-state index in [0.29, 0.717) is 46.5 Å². The van der Waals surface area contributed by atoms with E-state index < -0.39 is 0 Å². The number of ketones is 1. The maximum atomic E-state index is 12.4. The Morgan fingerprint density at radius 2 is 1.88 bits per heavy atom. The van der Waals surface area contributed by atoms with Gasteiger partial charge in [0.2, 0.25) is 5.91 Å². The molecule has 4 rings (SSSR count). The van der Waals surface area contributed by atoms with Crippen LogP contribution in [-0.2, 0) is 17.8 Å². The van der Waals surface area contributed by atoms with Gasteiger partial charge in [-0.15, -0.1) is 15.3 Å². The third-order valence-corrected chi connectivity index (χ3v) is 5.24. The molecule has 0 aliphatic carbocycles. The van der Waals surface area contributed by atoms with Gasteiger partial charge in [0.05, 0.1) is 0 Å². The van der Waals surface area contributed by atoms with Crippen molar-refractivity contribution in [1.82, 2.24) is 19.8 Å². The van der Waals surface area contributed by atoms with Gasteiger partial charge in [-0.1, -0.05) is 41.9 Å². The van der Waals surface area contributed by atoms with Crippen LogP contribution in [0.2, 0.25) is 5.02 Å². The normalized spacial score (nSPS) is 10.8. The fourth-order valence-electron chi connectivity index (χ4n) is 3.18. The Bertz CT molecular complexity index is 1290. The molecule has 0 atom stereocenters. The molecule has 2 N–H and O–H groups in total. The maximum Gasteiger partial charge on any atom is 0.224 e. The Morgan fingerprint density at radius 3 is 2.69 bits per heavy atom. The quantitative estimate of drug-likeness (QED) is 0.392. The number of nitrogens with one attached hydrogen (secondary N) is 2. The zero-order valence-electron chi connectivity index (χ0n) is 17.4. The molecule has 32 heavy (non-hydrogen) atoms. The van der Waals surface area contributed by atoms with Crippen molar-refractivity contribution in [3.8, 4) is 0 Å². The second-order valence-electron chi connectivity index (χ2n) is 7.23. The molecule has 0 unspecified atom stereocenters. The number of hydrogen-bond acceptors (Lipinski definition) is 6. The van der Waals surface area contributed by atoms with Crippen molar-refractivity contribution >= 4 is 40.4 Å². The van der Waals surface area contributed by atoms with Crippen molar-refractivity contribution in [2.24, 2.45) is 0 Å². The molecule has 4 aromatic rings. The van der Waals surface area contributed by atoms with E-state index >= 15 is 0 Å². The van der Waals surface area contributed by atoms with Gasteiger partial charge in [-0.2, -0.15) is 4.52 Å². The van der Waals surface area contributed by atoms with Gasteiger partial charge in [0.15, 0.2) is 17.3 Å². The van der Waals surface area contributed by atoms with E-state index in [-0.39, 0.29) is 18.1 Å². The van der Waals surface area contributed by atoms with Crippen LogP contribution in [-0.4, -0.2) is 31.5 Å². The highest BCUT2D eigenvalue weighted by Gasteiger charge is 2.11. The topological polar surface area (TPSA) is 101 Å². The molecule has 8 nitrogen and oxygen atoms in total. The molecule has 2 aromatic heterocycles. The van der Waals surface area contributed by atoms with Crippen molar-refractivity contribution in [2.45, 2.75) is 26.3 Å². The predicted molar refractivity (Wildman–Crippen MR) is 123 cm³/mol. The first-order valence-electron chi connectivity index (χ1n) is 10.1.